The predicted molar refractivity (Wildman–Crippen MR) is 80.7 cm³/mol. The van der Waals surface area contributed by atoms with E-state index in [0.717, 1.165) is 11.0 Å². The van der Waals surface area contributed by atoms with Gasteiger partial charge in [-0.25, -0.2) is 4.79 Å². The molecule has 0 radical (unpaired) electrons. The zero-order valence-corrected chi connectivity index (χ0v) is 13.7. The predicted octanol–water partition coefficient (Wildman–Crippen LogP) is 2.85. The van der Waals surface area contributed by atoms with Gasteiger partial charge in [-0.15, -0.1) is 13.2 Å². The third-order valence-corrected chi connectivity index (χ3v) is 3.89. The molecule has 9 heteroatoms. The number of ether oxygens (including phenoxy) is 2. The number of rotatable bonds is 6. The number of amides is 1. The van der Waals surface area contributed by atoms with Crippen LogP contribution in [0.2, 0.25) is 0 Å². The normalized spacial score (nSPS) is 17.0. The molecule has 1 heterocycles. The van der Waals surface area contributed by atoms with Crippen molar-refractivity contribution >= 4 is 11.9 Å². The summed E-state index contributed by atoms with van der Waals surface area (Å²) in [4.78, 5) is 24.7. The fourth-order valence-electron chi connectivity index (χ4n) is 2.72. The SMILES string of the molecule is CCCc1cc(C(=O)N2CCC2C(=O)O)cc(OC(F)(F)F)c1OC. The van der Waals surface area contributed by atoms with E-state index in [-0.39, 0.29) is 17.9 Å². The van der Waals surface area contributed by atoms with Gasteiger partial charge in [0.1, 0.15) is 6.04 Å². The molecule has 138 valence electrons. The lowest BCUT2D eigenvalue weighted by atomic mass is 9.99. The Hall–Kier alpha value is -2.45. The van der Waals surface area contributed by atoms with Gasteiger partial charge in [0.05, 0.1) is 7.11 Å². The molecule has 1 atom stereocenters. The van der Waals surface area contributed by atoms with Gasteiger partial charge in [0.15, 0.2) is 11.5 Å². The Morgan fingerprint density at radius 1 is 1.36 bits per heavy atom. The molecule has 25 heavy (non-hydrogen) atoms. The highest BCUT2D eigenvalue weighted by Gasteiger charge is 2.39. The maximum absolute atomic E-state index is 12.7. The lowest BCUT2D eigenvalue weighted by Crippen LogP contribution is -2.55. The van der Waals surface area contributed by atoms with Crippen molar-refractivity contribution in [3.8, 4) is 11.5 Å². The molecule has 1 aliphatic heterocycles. The van der Waals surface area contributed by atoms with E-state index in [1.807, 2.05) is 6.92 Å². The maximum atomic E-state index is 12.7. The number of carbonyl (C=O) groups is 2. The van der Waals surface area contributed by atoms with Gasteiger partial charge < -0.3 is 19.5 Å². The monoisotopic (exact) mass is 361 g/mol. The van der Waals surface area contributed by atoms with Crippen LogP contribution in [-0.4, -0.2) is 47.9 Å². The fourth-order valence-corrected chi connectivity index (χ4v) is 2.72. The summed E-state index contributed by atoms with van der Waals surface area (Å²) >= 11 is 0. The summed E-state index contributed by atoms with van der Waals surface area (Å²) in [7, 11) is 1.22. The number of carbonyl (C=O) groups excluding carboxylic acids is 1. The zero-order chi connectivity index (χ0) is 18.8. The number of likely N-dealkylation sites (tertiary alicyclic amines) is 1. The van der Waals surface area contributed by atoms with Gasteiger partial charge in [-0.3, -0.25) is 4.79 Å². The molecule has 0 aromatic heterocycles. The van der Waals surface area contributed by atoms with E-state index in [4.69, 9.17) is 9.84 Å². The molecule has 6 nitrogen and oxygen atoms in total. The van der Waals surface area contributed by atoms with Gasteiger partial charge in [0.2, 0.25) is 0 Å². The standard InChI is InChI=1S/C16H18F3NO5/c1-3-4-9-7-10(14(21)20-6-5-11(20)15(22)23)8-12(13(9)24-2)25-16(17,18)19/h7-8,11H,3-6H2,1-2H3,(H,22,23). The molecule has 0 spiro atoms. The molecular formula is C16H18F3NO5. The highest BCUT2D eigenvalue weighted by Crippen LogP contribution is 2.38. The summed E-state index contributed by atoms with van der Waals surface area (Å²) in [5.74, 6) is -2.50. The molecule has 1 unspecified atom stereocenters. The molecule has 1 N–H and O–H groups in total. The lowest BCUT2D eigenvalue weighted by molar-refractivity contribution is -0.275. The van der Waals surface area contributed by atoms with Crippen LogP contribution < -0.4 is 9.47 Å². The third-order valence-electron chi connectivity index (χ3n) is 3.89. The summed E-state index contributed by atoms with van der Waals surface area (Å²) in [6, 6.07) is 1.40. The topological polar surface area (TPSA) is 76.1 Å². The molecule has 1 aromatic rings. The second kappa shape index (κ2) is 7.20. The molecule has 1 amide bonds. The third kappa shape index (κ3) is 4.15. The van der Waals surface area contributed by atoms with Crippen molar-refractivity contribution < 1.29 is 37.3 Å². The number of hydrogen-bond donors (Lipinski definition) is 1. The molecule has 1 saturated heterocycles. The summed E-state index contributed by atoms with van der Waals surface area (Å²) < 4.78 is 47.0. The zero-order valence-electron chi connectivity index (χ0n) is 13.7. The molecule has 1 aromatic carbocycles. The second-order valence-corrected chi connectivity index (χ2v) is 5.61. The number of aryl methyl sites for hydroxylation is 1. The Kier molecular flexibility index (Phi) is 5.44. The summed E-state index contributed by atoms with van der Waals surface area (Å²) in [5, 5.41) is 9.04. The number of alkyl halides is 3. The van der Waals surface area contributed by atoms with Crippen LogP contribution in [0.4, 0.5) is 13.2 Å². The van der Waals surface area contributed by atoms with Crippen LogP contribution in [0.5, 0.6) is 11.5 Å². The highest BCUT2D eigenvalue weighted by molar-refractivity contribution is 5.98. The lowest BCUT2D eigenvalue weighted by Gasteiger charge is -2.38. The fraction of sp³-hybridized carbons (Fsp3) is 0.500. The largest absolute Gasteiger partial charge is 0.573 e. The quantitative estimate of drug-likeness (QED) is 0.843. The Balaban J connectivity index is 2.43. The summed E-state index contributed by atoms with van der Waals surface area (Å²) in [5.41, 5.74) is 0.331. The summed E-state index contributed by atoms with van der Waals surface area (Å²) in [6.07, 6.45) is -3.65. The van der Waals surface area contributed by atoms with Gasteiger partial charge >= 0.3 is 12.3 Å². The van der Waals surface area contributed by atoms with Crippen LogP contribution in [0.3, 0.4) is 0 Å². The Morgan fingerprint density at radius 2 is 2.04 bits per heavy atom. The molecular weight excluding hydrogens is 343 g/mol. The second-order valence-electron chi connectivity index (χ2n) is 5.61. The van der Waals surface area contributed by atoms with Crippen LogP contribution in [0.25, 0.3) is 0 Å². The average Bonchev–Trinajstić information content (AvgIpc) is 2.43. The van der Waals surface area contributed by atoms with Crippen LogP contribution in [0, 0.1) is 0 Å². The van der Waals surface area contributed by atoms with Gasteiger partial charge in [-0.2, -0.15) is 0 Å². The van der Waals surface area contributed by atoms with Crippen molar-refractivity contribution in [3.63, 3.8) is 0 Å². The van der Waals surface area contributed by atoms with Crippen LogP contribution in [0.1, 0.15) is 35.7 Å². The number of nitrogens with zero attached hydrogens (tertiary/aromatic N) is 1. The van der Waals surface area contributed by atoms with Crippen LogP contribution in [-0.2, 0) is 11.2 Å². The summed E-state index contributed by atoms with van der Waals surface area (Å²) in [6.45, 7) is 2.06. The molecule has 1 fully saturated rings. The van der Waals surface area contributed by atoms with Crippen LogP contribution in [0.15, 0.2) is 12.1 Å². The first-order valence-corrected chi connectivity index (χ1v) is 7.68. The number of hydrogen-bond acceptors (Lipinski definition) is 4. The maximum Gasteiger partial charge on any atom is 0.573 e. The molecule has 1 aliphatic rings. The van der Waals surface area contributed by atoms with E-state index in [1.54, 1.807) is 0 Å². The molecule has 0 bridgehead atoms. The first-order chi connectivity index (χ1) is 11.7. The van der Waals surface area contributed by atoms with Gasteiger partial charge in [-0.1, -0.05) is 13.3 Å². The van der Waals surface area contributed by atoms with Crippen molar-refractivity contribution in [3.05, 3.63) is 23.3 Å². The first-order valence-electron chi connectivity index (χ1n) is 7.68. The number of benzene rings is 1. The van der Waals surface area contributed by atoms with Crippen molar-refractivity contribution in [1.82, 2.24) is 4.90 Å². The average molecular weight is 361 g/mol. The molecule has 0 aliphatic carbocycles. The van der Waals surface area contributed by atoms with E-state index in [2.05, 4.69) is 4.74 Å². The first kappa shape index (κ1) is 18.9. The number of halogens is 3. The highest BCUT2D eigenvalue weighted by atomic mass is 19.4. The number of carboxylic acid groups (broad SMARTS) is 1. The minimum Gasteiger partial charge on any atom is -0.493 e. The van der Waals surface area contributed by atoms with Crippen molar-refractivity contribution in [1.29, 1.82) is 0 Å². The number of methoxy groups -OCH3 is 1. The van der Waals surface area contributed by atoms with Gasteiger partial charge in [0, 0.05) is 12.1 Å². The smallest absolute Gasteiger partial charge is 0.493 e. The van der Waals surface area contributed by atoms with E-state index in [1.165, 1.54) is 13.2 Å². The number of aliphatic carboxylic acids is 1. The van der Waals surface area contributed by atoms with Crippen molar-refractivity contribution in [2.24, 2.45) is 0 Å². The van der Waals surface area contributed by atoms with E-state index in [9.17, 15) is 22.8 Å². The van der Waals surface area contributed by atoms with Crippen LogP contribution >= 0.6 is 0 Å². The van der Waals surface area contributed by atoms with Gasteiger partial charge in [-0.05, 0) is 30.5 Å². The minimum absolute atomic E-state index is 0.0607. The van der Waals surface area contributed by atoms with E-state index < -0.39 is 30.0 Å². The van der Waals surface area contributed by atoms with Gasteiger partial charge in [0.25, 0.3) is 5.91 Å². The van der Waals surface area contributed by atoms with E-state index >= 15 is 0 Å². The van der Waals surface area contributed by atoms with E-state index in [0.29, 0.717) is 24.8 Å². The van der Waals surface area contributed by atoms with Crippen molar-refractivity contribution in [2.75, 3.05) is 13.7 Å². The Labute approximate surface area is 142 Å². The Morgan fingerprint density at radius 3 is 2.48 bits per heavy atom. The Bertz CT molecular complexity index is 674. The molecule has 0 saturated carbocycles. The minimum atomic E-state index is -4.95. The van der Waals surface area contributed by atoms with Crippen molar-refractivity contribution in [2.45, 2.75) is 38.6 Å². The number of carboxylic acids is 1. The molecule has 2 rings (SSSR count).